The molecule has 218 valence electrons. The standard InChI is InChI=1S/C29H45N3O7/c1-6-8-12-22(34)30-18-20(5)38-28(37)23-21-13-14-29(39-21)24(23)26(35)32(16-10-9-11-17-33)25(29)27(36)31(15-7-2)19(3)4/h6-7,19-21,23-25,33H,1-2,8-18H2,3-5H3,(H,30,34)/t20-,21+,23-,24-,25+,29-/m1/s1. The number of nitrogens with one attached hydrogen (secondary N) is 1. The minimum Gasteiger partial charge on any atom is -0.460 e. The number of likely N-dealkylation sites (tertiary alicyclic amines) is 1. The van der Waals surface area contributed by atoms with Gasteiger partial charge in [-0.25, -0.2) is 0 Å². The summed E-state index contributed by atoms with van der Waals surface area (Å²) in [5.74, 6) is -2.76. The van der Waals surface area contributed by atoms with E-state index in [0.717, 1.165) is 0 Å². The fraction of sp³-hybridized carbons (Fsp3) is 0.724. The fourth-order valence-electron chi connectivity index (χ4n) is 6.26. The molecule has 0 aromatic heterocycles. The molecule has 3 fully saturated rings. The van der Waals surface area contributed by atoms with Crippen molar-refractivity contribution in [2.75, 3.05) is 26.2 Å². The number of aliphatic hydroxyl groups excluding tert-OH is 1. The Balaban J connectivity index is 1.82. The van der Waals surface area contributed by atoms with Crippen molar-refractivity contribution in [2.24, 2.45) is 11.8 Å². The average Bonchev–Trinajstić information content (AvgIpc) is 3.54. The van der Waals surface area contributed by atoms with E-state index < -0.39 is 41.7 Å². The molecule has 1 spiro atoms. The molecule has 10 heteroatoms. The van der Waals surface area contributed by atoms with E-state index in [4.69, 9.17) is 9.47 Å². The van der Waals surface area contributed by atoms with Gasteiger partial charge in [-0.05, 0) is 59.3 Å². The Hall–Kier alpha value is -2.72. The second kappa shape index (κ2) is 13.6. The third kappa shape index (κ3) is 6.38. The Labute approximate surface area is 231 Å². The quantitative estimate of drug-likeness (QED) is 0.172. The van der Waals surface area contributed by atoms with E-state index in [2.05, 4.69) is 18.5 Å². The molecular formula is C29H45N3O7. The van der Waals surface area contributed by atoms with E-state index in [9.17, 15) is 24.3 Å². The van der Waals surface area contributed by atoms with Crippen molar-refractivity contribution in [3.05, 3.63) is 25.3 Å². The second-order valence-corrected chi connectivity index (χ2v) is 11.1. The van der Waals surface area contributed by atoms with Gasteiger partial charge < -0.3 is 29.7 Å². The molecular weight excluding hydrogens is 502 g/mol. The number of carbonyl (C=O) groups excluding carboxylic acids is 4. The van der Waals surface area contributed by atoms with Gasteiger partial charge in [0, 0.05) is 32.2 Å². The van der Waals surface area contributed by atoms with Crippen LogP contribution in [0, 0.1) is 11.8 Å². The summed E-state index contributed by atoms with van der Waals surface area (Å²) in [6.07, 6.45) is 6.13. The number of hydrogen-bond donors (Lipinski definition) is 2. The highest BCUT2D eigenvalue weighted by Gasteiger charge is 2.75. The van der Waals surface area contributed by atoms with Gasteiger partial charge in [-0.1, -0.05) is 12.2 Å². The van der Waals surface area contributed by atoms with Crippen LogP contribution >= 0.6 is 0 Å². The zero-order valence-corrected chi connectivity index (χ0v) is 23.6. The molecule has 3 aliphatic rings. The summed E-state index contributed by atoms with van der Waals surface area (Å²) in [6.45, 7) is 13.8. The number of esters is 1. The number of rotatable bonds is 16. The molecule has 10 nitrogen and oxygen atoms in total. The van der Waals surface area contributed by atoms with Crippen LogP contribution in [-0.2, 0) is 28.7 Å². The van der Waals surface area contributed by atoms with Crippen molar-refractivity contribution in [3.8, 4) is 0 Å². The first-order valence-corrected chi connectivity index (χ1v) is 14.2. The molecule has 0 radical (unpaired) electrons. The lowest BCUT2D eigenvalue weighted by molar-refractivity contribution is -0.159. The van der Waals surface area contributed by atoms with Gasteiger partial charge in [-0.2, -0.15) is 0 Å². The lowest BCUT2D eigenvalue weighted by Gasteiger charge is -2.38. The zero-order chi connectivity index (χ0) is 28.7. The molecule has 3 rings (SSSR count). The molecule has 2 N–H and O–H groups in total. The van der Waals surface area contributed by atoms with Crippen molar-refractivity contribution in [3.63, 3.8) is 0 Å². The minimum absolute atomic E-state index is 0.0644. The number of nitrogens with zero attached hydrogens (tertiary/aromatic N) is 2. The Morgan fingerprint density at radius 2 is 1.97 bits per heavy atom. The van der Waals surface area contributed by atoms with E-state index in [1.54, 1.807) is 28.9 Å². The van der Waals surface area contributed by atoms with Crippen molar-refractivity contribution < 1.29 is 33.8 Å². The van der Waals surface area contributed by atoms with Gasteiger partial charge in [0.05, 0.1) is 24.5 Å². The lowest BCUT2D eigenvalue weighted by Crippen LogP contribution is -2.57. The molecule has 3 saturated heterocycles. The maximum Gasteiger partial charge on any atom is 0.312 e. The number of fused-ring (bicyclic) bond motifs is 1. The number of aliphatic hydroxyl groups is 1. The van der Waals surface area contributed by atoms with Gasteiger partial charge in [0.2, 0.25) is 17.7 Å². The minimum atomic E-state index is -1.09. The highest BCUT2D eigenvalue weighted by Crippen LogP contribution is 2.59. The van der Waals surface area contributed by atoms with Crippen LogP contribution in [0.15, 0.2) is 25.3 Å². The van der Waals surface area contributed by atoms with Gasteiger partial charge in [0.1, 0.15) is 17.7 Å². The predicted octanol–water partition coefficient (Wildman–Crippen LogP) is 1.96. The first kappa shape index (κ1) is 30.8. The first-order valence-electron chi connectivity index (χ1n) is 14.2. The molecule has 0 saturated carbocycles. The van der Waals surface area contributed by atoms with E-state index in [1.807, 2.05) is 13.8 Å². The molecule has 0 aromatic rings. The zero-order valence-electron chi connectivity index (χ0n) is 23.6. The maximum atomic E-state index is 14.0. The number of carbonyl (C=O) groups is 4. The maximum absolute atomic E-state index is 14.0. The number of hydrogen-bond acceptors (Lipinski definition) is 7. The Bertz CT molecular complexity index is 938. The smallest absolute Gasteiger partial charge is 0.312 e. The Morgan fingerprint density at radius 3 is 2.62 bits per heavy atom. The third-order valence-electron chi connectivity index (χ3n) is 8.08. The van der Waals surface area contributed by atoms with Crippen LogP contribution in [0.3, 0.4) is 0 Å². The van der Waals surface area contributed by atoms with Crippen LogP contribution in [0.5, 0.6) is 0 Å². The number of amides is 3. The predicted molar refractivity (Wildman–Crippen MR) is 145 cm³/mol. The summed E-state index contributed by atoms with van der Waals surface area (Å²) in [6, 6.07) is -0.949. The van der Waals surface area contributed by atoms with Gasteiger partial charge in [0.25, 0.3) is 0 Å². The van der Waals surface area contributed by atoms with Crippen molar-refractivity contribution in [1.29, 1.82) is 0 Å². The van der Waals surface area contributed by atoms with Crippen LogP contribution in [0.25, 0.3) is 0 Å². The summed E-state index contributed by atoms with van der Waals surface area (Å²) in [7, 11) is 0. The summed E-state index contributed by atoms with van der Waals surface area (Å²) < 4.78 is 12.2. The van der Waals surface area contributed by atoms with E-state index in [-0.39, 0.29) is 36.9 Å². The fourth-order valence-corrected chi connectivity index (χ4v) is 6.26. The number of allylic oxidation sites excluding steroid dienone is 1. The van der Waals surface area contributed by atoms with Gasteiger partial charge in [-0.3, -0.25) is 19.2 Å². The summed E-state index contributed by atoms with van der Waals surface area (Å²) in [5.41, 5.74) is -1.09. The Kier molecular flexibility index (Phi) is 10.7. The van der Waals surface area contributed by atoms with E-state index in [1.165, 1.54) is 0 Å². The topological polar surface area (TPSA) is 125 Å². The molecule has 2 bridgehead atoms. The molecule has 3 aliphatic heterocycles. The van der Waals surface area contributed by atoms with Crippen LogP contribution in [-0.4, -0.2) is 94.7 Å². The molecule has 3 amide bonds. The second-order valence-electron chi connectivity index (χ2n) is 11.1. The summed E-state index contributed by atoms with van der Waals surface area (Å²) in [4.78, 5) is 56.6. The largest absolute Gasteiger partial charge is 0.460 e. The molecule has 0 aliphatic carbocycles. The Morgan fingerprint density at radius 1 is 1.23 bits per heavy atom. The van der Waals surface area contributed by atoms with Crippen LogP contribution in [0.1, 0.15) is 65.7 Å². The van der Waals surface area contributed by atoms with E-state index in [0.29, 0.717) is 58.0 Å². The van der Waals surface area contributed by atoms with Gasteiger partial charge in [-0.15, -0.1) is 13.2 Å². The summed E-state index contributed by atoms with van der Waals surface area (Å²) in [5, 5.41) is 11.9. The SMILES string of the molecule is C=CCCC(=O)NC[C@@H](C)OC(=O)[C@@H]1[C@@H]2CC[C@]3(O2)[C@H](C(=O)N(CC=C)C(C)C)N(CCCCCO)C(=O)[C@@H]13. The van der Waals surface area contributed by atoms with Crippen LogP contribution in [0.4, 0.5) is 0 Å². The normalized spacial score (nSPS) is 27.8. The highest BCUT2D eigenvalue weighted by molar-refractivity contribution is 5.98. The molecule has 39 heavy (non-hydrogen) atoms. The summed E-state index contributed by atoms with van der Waals surface area (Å²) >= 11 is 0. The first-order chi connectivity index (χ1) is 18.6. The van der Waals surface area contributed by atoms with Gasteiger partial charge >= 0.3 is 5.97 Å². The van der Waals surface area contributed by atoms with Gasteiger partial charge in [0.15, 0.2) is 0 Å². The molecule has 6 atom stereocenters. The molecule has 3 heterocycles. The average molecular weight is 548 g/mol. The van der Waals surface area contributed by atoms with Crippen LogP contribution < -0.4 is 5.32 Å². The molecule has 0 unspecified atom stereocenters. The lowest BCUT2D eigenvalue weighted by atomic mass is 9.70. The van der Waals surface area contributed by atoms with Crippen LogP contribution in [0.2, 0.25) is 0 Å². The molecule has 0 aromatic carbocycles. The van der Waals surface area contributed by atoms with Crippen molar-refractivity contribution in [1.82, 2.24) is 15.1 Å². The van der Waals surface area contributed by atoms with Crippen molar-refractivity contribution in [2.45, 2.75) is 95.6 Å². The number of unbranched alkanes of at least 4 members (excludes halogenated alkanes) is 2. The highest BCUT2D eigenvalue weighted by atomic mass is 16.6. The third-order valence-corrected chi connectivity index (χ3v) is 8.08. The van der Waals surface area contributed by atoms with E-state index >= 15 is 0 Å². The van der Waals surface area contributed by atoms with Crippen molar-refractivity contribution >= 4 is 23.7 Å². The number of ether oxygens (including phenoxy) is 2. The monoisotopic (exact) mass is 547 g/mol.